The Labute approximate surface area is 332 Å². The van der Waals surface area contributed by atoms with Gasteiger partial charge in [-0.15, -0.1) is 0 Å². The molecule has 4 bridgehead atoms. The molecule has 1 heteroatoms. The number of nitrogens with zero attached hydrogens (tertiary/aromatic N) is 1. The average Bonchev–Trinajstić information content (AvgIpc) is 3.47. The van der Waals surface area contributed by atoms with E-state index in [-0.39, 0.29) is 5.41 Å². The van der Waals surface area contributed by atoms with Crippen LogP contribution in [-0.2, 0) is 5.41 Å². The molecule has 0 atom stereocenters. The van der Waals surface area contributed by atoms with Crippen LogP contribution in [0, 0.1) is 23.7 Å². The lowest BCUT2D eigenvalue weighted by atomic mass is 9.51. The van der Waals surface area contributed by atoms with Gasteiger partial charge in [0.1, 0.15) is 0 Å². The summed E-state index contributed by atoms with van der Waals surface area (Å²) in [5.74, 6) is 4.46. The van der Waals surface area contributed by atoms with Crippen LogP contribution in [-0.4, -0.2) is 0 Å². The van der Waals surface area contributed by atoms with Crippen LogP contribution in [0.2, 0.25) is 0 Å². The number of hydrogen-bond donors (Lipinski definition) is 0. The second kappa shape index (κ2) is 13.2. The minimum absolute atomic E-state index is 0.133. The molecule has 0 N–H and O–H groups in total. The van der Waals surface area contributed by atoms with Gasteiger partial charge in [0, 0.05) is 22.5 Å². The summed E-state index contributed by atoms with van der Waals surface area (Å²) in [6, 6.07) is 63.6. The minimum atomic E-state index is -0.133. The lowest BCUT2D eigenvalue weighted by Gasteiger charge is -2.54. The maximum absolute atomic E-state index is 2.49. The Kier molecular flexibility index (Phi) is 7.95. The second-order valence-corrected chi connectivity index (χ2v) is 17.8. The average molecular weight is 724 g/mol. The molecular formula is C55H49N. The van der Waals surface area contributed by atoms with E-state index >= 15 is 0 Å². The normalized spacial score (nSPS) is 22.4. The van der Waals surface area contributed by atoms with E-state index in [1.54, 1.807) is 5.56 Å². The van der Waals surface area contributed by atoms with Crippen molar-refractivity contribution in [2.45, 2.75) is 57.3 Å². The molecule has 0 unspecified atom stereocenters. The highest BCUT2D eigenvalue weighted by molar-refractivity contribution is 5.94. The Balaban J connectivity index is 1.01. The Morgan fingerprint density at radius 1 is 0.411 bits per heavy atom. The Morgan fingerprint density at radius 3 is 1.52 bits per heavy atom. The monoisotopic (exact) mass is 723 g/mol. The topological polar surface area (TPSA) is 3.24 Å². The van der Waals surface area contributed by atoms with Crippen LogP contribution in [0.1, 0.15) is 68.6 Å². The molecule has 4 saturated carbocycles. The third kappa shape index (κ3) is 5.50. The van der Waals surface area contributed by atoms with E-state index in [2.05, 4.69) is 189 Å². The van der Waals surface area contributed by atoms with Gasteiger partial charge in [-0.05, 0) is 159 Å². The summed E-state index contributed by atoms with van der Waals surface area (Å²) < 4.78 is 0. The van der Waals surface area contributed by atoms with Crippen molar-refractivity contribution in [3.63, 3.8) is 0 Å². The molecule has 7 aromatic carbocycles. The van der Waals surface area contributed by atoms with E-state index in [1.165, 1.54) is 105 Å². The van der Waals surface area contributed by atoms with Crippen LogP contribution >= 0.6 is 0 Å². The molecule has 12 rings (SSSR count). The Morgan fingerprint density at radius 2 is 0.911 bits per heavy atom. The second-order valence-electron chi connectivity index (χ2n) is 17.8. The van der Waals surface area contributed by atoms with E-state index < -0.39 is 0 Å². The quantitative estimate of drug-likeness (QED) is 0.158. The van der Waals surface area contributed by atoms with Gasteiger partial charge in [0.15, 0.2) is 0 Å². The number of benzene rings is 7. The summed E-state index contributed by atoms with van der Waals surface area (Å²) in [5.41, 5.74) is 18.1. The van der Waals surface area contributed by atoms with E-state index in [4.69, 9.17) is 0 Å². The van der Waals surface area contributed by atoms with Crippen molar-refractivity contribution in [3.8, 4) is 44.5 Å². The number of hydrogen-bond acceptors (Lipinski definition) is 1. The molecule has 0 heterocycles. The van der Waals surface area contributed by atoms with E-state index in [0.717, 1.165) is 29.6 Å². The van der Waals surface area contributed by atoms with Crippen molar-refractivity contribution < 1.29 is 0 Å². The summed E-state index contributed by atoms with van der Waals surface area (Å²) >= 11 is 0. The van der Waals surface area contributed by atoms with Crippen LogP contribution in [0.5, 0.6) is 0 Å². The summed E-state index contributed by atoms with van der Waals surface area (Å²) in [5, 5.41) is 0. The van der Waals surface area contributed by atoms with E-state index in [9.17, 15) is 0 Å². The molecule has 0 aliphatic heterocycles. The van der Waals surface area contributed by atoms with Crippen molar-refractivity contribution in [3.05, 3.63) is 187 Å². The smallest absolute Gasteiger partial charge is 0.0465 e. The molecule has 274 valence electrons. The van der Waals surface area contributed by atoms with Crippen molar-refractivity contribution in [2.75, 3.05) is 4.90 Å². The lowest BCUT2D eigenvalue weighted by Crippen LogP contribution is -2.43. The SMILES string of the molecule is CC1(C)c2cc(N(c3ccc(-c4ccccc4-c4ccccc4)cc3)c3ccc(C4C5CC6CC(C5)CC4C6)cc3)ccc2-c2c(-c3ccccc3)cccc21. The first-order chi connectivity index (χ1) is 27.5. The molecule has 5 aliphatic rings. The van der Waals surface area contributed by atoms with Crippen LogP contribution in [0.4, 0.5) is 17.1 Å². The predicted molar refractivity (Wildman–Crippen MR) is 235 cm³/mol. The first kappa shape index (κ1) is 33.7. The largest absolute Gasteiger partial charge is 0.310 e. The van der Waals surface area contributed by atoms with E-state index in [0.29, 0.717) is 0 Å². The molecule has 4 fully saturated rings. The van der Waals surface area contributed by atoms with Gasteiger partial charge in [-0.2, -0.15) is 0 Å². The van der Waals surface area contributed by atoms with Crippen LogP contribution in [0.15, 0.2) is 170 Å². The van der Waals surface area contributed by atoms with Gasteiger partial charge < -0.3 is 4.90 Å². The zero-order valence-electron chi connectivity index (χ0n) is 32.5. The highest BCUT2D eigenvalue weighted by Crippen LogP contribution is 2.60. The molecule has 0 aromatic heterocycles. The maximum Gasteiger partial charge on any atom is 0.0465 e. The molecule has 1 nitrogen and oxygen atoms in total. The third-order valence-electron chi connectivity index (χ3n) is 14.2. The number of fused-ring (bicyclic) bond motifs is 3. The standard InChI is InChI=1S/C55H49N/c1-55(2)51-19-11-18-49(39-14-7-4-8-15-39)54(51)50-29-28-46(35-52(50)55)56(45-26-22-41(23-27-45)53-42-31-36-30-37(33-42)34-43(53)32-36)44-24-20-40(21-25-44)48-17-10-9-16-47(48)38-12-5-3-6-13-38/h3-29,35-37,42-43,53H,30-34H2,1-2H3. The summed E-state index contributed by atoms with van der Waals surface area (Å²) in [6.45, 7) is 4.80. The highest BCUT2D eigenvalue weighted by atomic mass is 15.1. The van der Waals surface area contributed by atoms with Gasteiger partial charge in [-0.3, -0.25) is 0 Å². The molecule has 5 aliphatic carbocycles. The van der Waals surface area contributed by atoms with Gasteiger partial charge in [0.25, 0.3) is 0 Å². The fraction of sp³-hybridized carbons (Fsp3) is 0.236. The number of rotatable bonds is 7. The first-order valence-electron chi connectivity index (χ1n) is 21.0. The van der Waals surface area contributed by atoms with Crippen molar-refractivity contribution >= 4 is 17.1 Å². The molecule has 7 aromatic rings. The van der Waals surface area contributed by atoms with Crippen molar-refractivity contribution in [1.29, 1.82) is 0 Å². The van der Waals surface area contributed by atoms with Gasteiger partial charge in [-0.25, -0.2) is 0 Å². The Bertz CT molecular complexity index is 2520. The van der Waals surface area contributed by atoms with E-state index in [1.807, 2.05) is 0 Å². The fourth-order valence-corrected chi connectivity index (χ4v) is 11.9. The molecule has 0 amide bonds. The van der Waals surface area contributed by atoms with Crippen LogP contribution in [0.3, 0.4) is 0 Å². The van der Waals surface area contributed by atoms with Gasteiger partial charge >= 0.3 is 0 Å². The van der Waals surface area contributed by atoms with Crippen LogP contribution < -0.4 is 4.90 Å². The third-order valence-corrected chi connectivity index (χ3v) is 14.2. The molecule has 0 spiro atoms. The summed E-state index contributed by atoms with van der Waals surface area (Å²) in [6.07, 6.45) is 7.30. The predicted octanol–water partition coefficient (Wildman–Crippen LogP) is 15.0. The zero-order chi connectivity index (χ0) is 37.4. The lowest BCUT2D eigenvalue weighted by molar-refractivity contribution is -0.00277. The van der Waals surface area contributed by atoms with Gasteiger partial charge in [-0.1, -0.05) is 147 Å². The molecule has 0 saturated heterocycles. The van der Waals surface area contributed by atoms with Gasteiger partial charge in [0.05, 0.1) is 0 Å². The zero-order valence-corrected chi connectivity index (χ0v) is 32.5. The fourth-order valence-electron chi connectivity index (χ4n) is 11.9. The van der Waals surface area contributed by atoms with Crippen LogP contribution in [0.25, 0.3) is 44.5 Å². The Hall–Kier alpha value is -5.66. The van der Waals surface area contributed by atoms with Gasteiger partial charge in [0.2, 0.25) is 0 Å². The highest BCUT2D eigenvalue weighted by Gasteiger charge is 2.48. The minimum Gasteiger partial charge on any atom is -0.310 e. The number of anilines is 3. The van der Waals surface area contributed by atoms with Crippen molar-refractivity contribution in [1.82, 2.24) is 0 Å². The first-order valence-corrected chi connectivity index (χ1v) is 21.0. The molecule has 56 heavy (non-hydrogen) atoms. The maximum atomic E-state index is 2.49. The summed E-state index contributed by atoms with van der Waals surface area (Å²) in [7, 11) is 0. The van der Waals surface area contributed by atoms with Crippen molar-refractivity contribution in [2.24, 2.45) is 23.7 Å². The molecule has 0 radical (unpaired) electrons. The molecular weight excluding hydrogens is 675 g/mol. The summed E-state index contributed by atoms with van der Waals surface area (Å²) in [4.78, 5) is 2.49.